The van der Waals surface area contributed by atoms with E-state index in [4.69, 9.17) is 0 Å². The number of ether oxygens (including phenoxy) is 1. The van der Waals surface area contributed by atoms with E-state index in [1.165, 1.54) is 17.0 Å². The minimum atomic E-state index is -4.73. The second-order valence-electron chi connectivity index (χ2n) is 5.43. The van der Waals surface area contributed by atoms with E-state index in [1.54, 1.807) is 20.9 Å². The monoisotopic (exact) mass is 305 g/mol. The maximum absolute atomic E-state index is 12.0. The van der Waals surface area contributed by atoms with Crippen LogP contribution in [-0.2, 0) is 11.2 Å². The Hall–Kier alpha value is -1.76. The van der Waals surface area contributed by atoms with Gasteiger partial charge in [0.2, 0.25) is 5.91 Å². The topological polar surface area (TPSA) is 49.8 Å². The largest absolute Gasteiger partial charge is 0.573 e. The number of carbonyl (C=O) groups is 1. The quantitative estimate of drug-likeness (QED) is 0.908. The molecule has 0 saturated heterocycles. The van der Waals surface area contributed by atoms with Gasteiger partial charge < -0.3 is 14.7 Å². The van der Waals surface area contributed by atoms with Crippen molar-refractivity contribution in [2.75, 3.05) is 13.6 Å². The molecular formula is C14H18F3NO3. The SMILES string of the molecule is CN(CC(C)(C)O)C(=O)Cc1ccc(OC(F)(F)F)cc1. The van der Waals surface area contributed by atoms with Gasteiger partial charge in [0.25, 0.3) is 0 Å². The van der Waals surface area contributed by atoms with Crippen LogP contribution in [0.25, 0.3) is 0 Å². The summed E-state index contributed by atoms with van der Waals surface area (Å²) in [4.78, 5) is 13.3. The Labute approximate surface area is 121 Å². The minimum absolute atomic E-state index is 0.0406. The smallest absolute Gasteiger partial charge is 0.406 e. The van der Waals surface area contributed by atoms with Gasteiger partial charge in [-0.15, -0.1) is 13.2 Å². The van der Waals surface area contributed by atoms with E-state index in [0.717, 1.165) is 12.1 Å². The van der Waals surface area contributed by atoms with Gasteiger partial charge in [-0.2, -0.15) is 0 Å². The summed E-state index contributed by atoms with van der Waals surface area (Å²) >= 11 is 0. The number of halogens is 3. The Morgan fingerprint density at radius 1 is 1.24 bits per heavy atom. The van der Waals surface area contributed by atoms with Crippen molar-refractivity contribution in [2.24, 2.45) is 0 Å². The van der Waals surface area contributed by atoms with E-state index >= 15 is 0 Å². The van der Waals surface area contributed by atoms with Crippen molar-refractivity contribution in [3.63, 3.8) is 0 Å². The van der Waals surface area contributed by atoms with Crippen LogP contribution in [0.4, 0.5) is 13.2 Å². The third kappa shape index (κ3) is 6.99. The number of rotatable bonds is 5. The number of aliphatic hydroxyl groups is 1. The fourth-order valence-corrected chi connectivity index (χ4v) is 1.79. The molecule has 0 aromatic heterocycles. The zero-order chi connectivity index (χ0) is 16.3. The van der Waals surface area contributed by atoms with Crippen LogP contribution in [0, 0.1) is 0 Å². The van der Waals surface area contributed by atoms with Crippen molar-refractivity contribution in [3.8, 4) is 5.75 Å². The summed E-state index contributed by atoms with van der Waals surface area (Å²) in [7, 11) is 1.56. The number of benzene rings is 1. The number of likely N-dealkylation sites (N-methyl/N-ethyl adjacent to an activating group) is 1. The molecule has 1 amide bonds. The standard InChI is InChI=1S/C14H18F3NO3/c1-13(2,20)9-18(3)12(19)8-10-4-6-11(7-5-10)21-14(15,16)17/h4-7,20H,8-9H2,1-3H3. The van der Waals surface area contributed by atoms with Crippen LogP contribution in [0.3, 0.4) is 0 Å². The van der Waals surface area contributed by atoms with Gasteiger partial charge in [-0.3, -0.25) is 4.79 Å². The Balaban J connectivity index is 2.61. The minimum Gasteiger partial charge on any atom is -0.406 e. The van der Waals surface area contributed by atoms with Crippen LogP contribution in [0.5, 0.6) is 5.75 Å². The van der Waals surface area contributed by atoms with E-state index in [9.17, 15) is 23.1 Å². The molecule has 1 aromatic rings. The fourth-order valence-electron chi connectivity index (χ4n) is 1.79. The molecule has 0 bridgehead atoms. The van der Waals surface area contributed by atoms with Crippen LogP contribution in [0.2, 0.25) is 0 Å². The van der Waals surface area contributed by atoms with E-state index in [-0.39, 0.29) is 24.6 Å². The lowest BCUT2D eigenvalue weighted by atomic mass is 10.1. The Morgan fingerprint density at radius 2 is 1.76 bits per heavy atom. The molecule has 0 aliphatic heterocycles. The number of nitrogens with zero attached hydrogens (tertiary/aromatic N) is 1. The molecule has 0 fully saturated rings. The molecule has 0 unspecified atom stereocenters. The number of hydrogen-bond acceptors (Lipinski definition) is 3. The van der Waals surface area contributed by atoms with Gasteiger partial charge in [-0.25, -0.2) is 0 Å². The van der Waals surface area contributed by atoms with E-state index < -0.39 is 12.0 Å². The Bertz CT molecular complexity index is 478. The fraction of sp³-hybridized carbons (Fsp3) is 0.500. The van der Waals surface area contributed by atoms with E-state index in [0.29, 0.717) is 5.56 Å². The van der Waals surface area contributed by atoms with Gasteiger partial charge in [0, 0.05) is 13.6 Å². The first-order valence-corrected chi connectivity index (χ1v) is 6.27. The van der Waals surface area contributed by atoms with Crippen molar-refractivity contribution in [2.45, 2.75) is 32.2 Å². The van der Waals surface area contributed by atoms with Crippen LogP contribution < -0.4 is 4.74 Å². The Kier molecular flexibility index (Phi) is 5.22. The molecule has 0 atom stereocenters. The second-order valence-corrected chi connectivity index (χ2v) is 5.43. The normalized spacial score (nSPS) is 12.1. The molecule has 1 aromatic carbocycles. The first kappa shape index (κ1) is 17.3. The van der Waals surface area contributed by atoms with Gasteiger partial charge in [0.05, 0.1) is 12.0 Å². The highest BCUT2D eigenvalue weighted by molar-refractivity contribution is 5.78. The van der Waals surface area contributed by atoms with Crippen LogP contribution in [-0.4, -0.2) is 41.5 Å². The predicted molar refractivity (Wildman–Crippen MR) is 70.8 cm³/mol. The van der Waals surface area contributed by atoms with E-state index in [2.05, 4.69) is 4.74 Å². The third-order valence-electron chi connectivity index (χ3n) is 2.56. The van der Waals surface area contributed by atoms with Gasteiger partial charge in [-0.1, -0.05) is 12.1 Å². The maximum atomic E-state index is 12.0. The zero-order valence-corrected chi connectivity index (χ0v) is 12.1. The highest BCUT2D eigenvalue weighted by atomic mass is 19.4. The van der Waals surface area contributed by atoms with Crippen molar-refractivity contribution in [3.05, 3.63) is 29.8 Å². The average Bonchev–Trinajstić information content (AvgIpc) is 2.27. The molecule has 0 saturated carbocycles. The van der Waals surface area contributed by atoms with Crippen molar-refractivity contribution >= 4 is 5.91 Å². The summed E-state index contributed by atoms with van der Waals surface area (Å²) in [6.45, 7) is 3.33. The first-order valence-electron chi connectivity index (χ1n) is 6.27. The summed E-state index contributed by atoms with van der Waals surface area (Å²) in [5, 5.41) is 9.63. The summed E-state index contributed by atoms with van der Waals surface area (Å²) < 4.78 is 39.8. The summed E-state index contributed by atoms with van der Waals surface area (Å²) in [6, 6.07) is 5.12. The highest BCUT2D eigenvalue weighted by Gasteiger charge is 2.31. The summed E-state index contributed by atoms with van der Waals surface area (Å²) in [5.74, 6) is -0.565. The van der Waals surface area contributed by atoms with Gasteiger partial charge in [0.15, 0.2) is 0 Å². The molecule has 0 heterocycles. The number of carbonyl (C=O) groups excluding carboxylic acids is 1. The number of amides is 1. The molecule has 0 aliphatic carbocycles. The molecule has 4 nitrogen and oxygen atoms in total. The summed E-state index contributed by atoms with van der Waals surface area (Å²) in [6.07, 6.45) is -4.69. The zero-order valence-electron chi connectivity index (χ0n) is 12.1. The van der Waals surface area contributed by atoms with Gasteiger partial charge >= 0.3 is 6.36 Å². The molecule has 0 radical (unpaired) electrons. The third-order valence-corrected chi connectivity index (χ3v) is 2.56. The highest BCUT2D eigenvalue weighted by Crippen LogP contribution is 2.22. The summed E-state index contributed by atoms with van der Waals surface area (Å²) in [5.41, 5.74) is -0.438. The van der Waals surface area contributed by atoms with Gasteiger partial charge in [0.1, 0.15) is 5.75 Å². The van der Waals surface area contributed by atoms with Crippen molar-refractivity contribution in [1.29, 1.82) is 0 Å². The Morgan fingerprint density at radius 3 is 2.19 bits per heavy atom. The lowest BCUT2D eigenvalue weighted by Crippen LogP contribution is -2.40. The molecule has 21 heavy (non-hydrogen) atoms. The molecule has 118 valence electrons. The van der Waals surface area contributed by atoms with Crippen molar-refractivity contribution in [1.82, 2.24) is 4.90 Å². The molecule has 7 heteroatoms. The number of hydrogen-bond donors (Lipinski definition) is 1. The van der Waals surface area contributed by atoms with Gasteiger partial charge in [-0.05, 0) is 31.5 Å². The lowest BCUT2D eigenvalue weighted by Gasteiger charge is -2.25. The van der Waals surface area contributed by atoms with E-state index in [1.807, 2.05) is 0 Å². The van der Waals surface area contributed by atoms with Crippen LogP contribution in [0.15, 0.2) is 24.3 Å². The van der Waals surface area contributed by atoms with Crippen LogP contribution in [0.1, 0.15) is 19.4 Å². The molecule has 0 aliphatic rings. The molecule has 0 spiro atoms. The second kappa shape index (κ2) is 6.34. The predicted octanol–water partition coefficient (Wildman–Crippen LogP) is 2.36. The first-order chi connectivity index (χ1) is 9.46. The maximum Gasteiger partial charge on any atom is 0.573 e. The number of alkyl halides is 3. The average molecular weight is 305 g/mol. The van der Waals surface area contributed by atoms with Crippen molar-refractivity contribution < 1.29 is 27.8 Å². The van der Waals surface area contributed by atoms with Crippen LogP contribution >= 0.6 is 0 Å². The molecule has 1 N–H and O–H groups in total. The molecule has 1 rings (SSSR count). The molecular weight excluding hydrogens is 287 g/mol. The lowest BCUT2D eigenvalue weighted by molar-refractivity contribution is -0.274.